The van der Waals surface area contributed by atoms with Crippen LogP contribution < -0.4 is 15.2 Å². The first-order chi connectivity index (χ1) is 9.79. The fourth-order valence-corrected chi connectivity index (χ4v) is 3.91. The van der Waals surface area contributed by atoms with Gasteiger partial charge in [-0.25, -0.2) is 0 Å². The van der Waals surface area contributed by atoms with E-state index in [1.54, 1.807) is 0 Å². The molecule has 0 amide bonds. The van der Waals surface area contributed by atoms with Gasteiger partial charge < -0.3 is 15.2 Å². The van der Waals surface area contributed by atoms with Crippen LogP contribution in [-0.4, -0.2) is 49.3 Å². The van der Waals surface area contributed by atoms with Crippen molar-refractivity contribution in [1.29, 1.82) is 0 Å². The molecular weight excluding hydrogens is 296 g/mol. The van der Waals surface area contributed by atoms with Crippen LogP contribution in [-0.2, 0) is 0 Å². The summed E-state index contributed by atoms with van der Waals surface area (Å²) in [6, 6.07) is 4.19. The second-order valence-electron chi connectivity index (χ2n) is 4.93. The first-order valence-electron chi connectivity index (χ1n) is 6.90. The van der Waals surface area contributed by atoms with Gasteiger partial charge in [0.05, 0.1) is 5.02 Å². The van der Waals surface area contributed by atoms with Gasteiger partial charge in [-0.1, -0.05) is 11.6 Å². The summed E-state index contributed by atoms with van der Waals surface area (Å²) in [6.45, 7) is 3.84. The zero-order chi connectivity index (χ0) is 13.9. The molecule has 0 radical (unpaired) electrons. The van der Waals surface area contributed by atoms with Crippen molar-refractivity contribution in [3.63, 3.8) is 0 Å². The molecule has 0 spiro atoms. The molecule has 1 aromatic carbocycles. The van der Waals surface area contributed by atoms with Gasteiger partial charge in [-0.15, -0.1) is 0 Å². The predicted octanol–water partition coefficient (Wildman–Crippen LogP) is 2.16. The van der Waals surface area contributed by atoms with Crippen LogP contribution in [0.15, 0.2) is 12.1 Å². The van der Waals surface area contributed by atoms with Crippen LogP contribution >= 0.6 is 23.4 Å². The molecule has 1 unspecified atom stereocenters. The van der Waals surface area contributed by atoms with Crippen molar-refractivity contribution < 1.29 is 9.47 Å². The standard InChI is InChI=1S/C14H19ClN2O2S/c15-11-7-10(8-13-14(11)19-4-3-18-13)12(9-16)17-1-5-20-6-2-17/h7-8,12H,1-6,9,16H2. The Bertz CT molecular complexity index is 480. The number of ether oxygens (including phenoxy) is 2. The predicted molar refractivity (Wildman–Crippen MR) is 83.1 cm³/mol. The lowest BCUT2D eigenvalue weighted by Crippen LogP contribution is -2.39. The van der Waals surface area contributed by atoms with Gasteiger partial charge in [0.2, 0.25) is 0 Å². The largest absolute Gasteiger partial charge is 0.486 e. The minimum Gasteiger partial charge on any atom is -0.486 e. The molecule has 1 saturated heterocycles. The van der Waals surface area contributed by atoms with Gasteiger partial charge in [0.15, 0.2) is 11.5 Å². The molecule has 0 aliphatic carbocycles. The van der Waals surface area contributed by atoms with Crippen LogP contribution in [0.2, 0.25) is 5.02 Å². The molecule has 3 rings (SSSR count). The molecule has 20 heavy (non-hydrogen) atoms. The molecule has 1 fully saturated rings. The number of fused-ring (bicyclic) bond motifs is 1. The van der Waals surface area contributed by atoms with E-state index in [9.17, 15) is 0 Å². The minimum absolute atomic E-state index is 0.198. The Balaban J connectivity index is 1.89. The van der Waals surface area contributed by atoms with E-state index in [0.717, 1.165) is 35.9 Å². The van der Waals surface area contributed by atoms with E-state index in [0.29, 0.717) is 30.5 Å². The van der Waals surface area contributed by atoms with Gasteiger partial charge in [-0.2, -0.15) is 11.8 Å². The second-order valence-corrected chi connectivity index (χ2v) is 6.56. The first-order valence-corrected chi connectivity index (χ1v) is 8.44. The third-order valence-electron chi connectivity index (χ3n) is 3.71. The Morgan fingerprint density at radius 2 is 2.00 bits per heavy atom. The third-order valence-corrected chi connectivity index (χ3v) is 4.94. The first kappa shape index (κ1) is 14.3. The molecule has 2 N–H and O–H groups in total. The van der Waals surface area contributed by atoms with E-state index in [1.807, 2.05) is 23.9 Å². The van der Waals surface area contributed by atoms with Crippen molar-refractivity contribution in [2.75, 3.05) is 44.4 Å². The Kier molecular flexibility index (Phi) is 4.61. The molecule has 0 saturated carbocycles. The topological polar surface area (TPSA) is 47.7 Å². The maximum Gasteiger partial charge on any atom is 0.179 e. The van der Waals surface area contributed by atoms with Crippen molar-refractivity contribution in [2.24, 2.45) is 5.73 Å². The van der Waals surface area contributed by atoms with E-state index in [-0.39, 0.29) is 6.04 Å². The number of hydrogen-bond acceptors (Lipinski definition) is 5. The van der Waals surface area contributed by atoms with Crippen molar-refractivity contribution in [3.8, 4) is 11.5 Å². The molecule has 2 aliphatic rings. The Morgan fingerprint density at radius 3 is 2.75 bits per heavy atom. The van der Waals surface area contributed by atoms with E-state index in [1.165, 1.54) is 0 Å². The highest BCUT2D eigenvalue weighted by Gasteiger charge is 2.25. The quantitative estimate of drug-likeness (QED) is 0.926. The van der Waals surface area contributed by atoms with Crippen molar-refractivity contribution in [2.45, 2.75) is 6.04 Å². The van der Waals surface area contributed by atoms with Gasteiger partial charge >= 0.3 is 0 Å². The van der Waals surface area contributed by atoms with E-state index in [2.05, 4.69) is 4.90 Å². The Hall–Kier alpha value is -0.620. The number of thioether (sulfide) groups is 1. The fraction of sp³-hybridized carbons (Fsp3) is 0.571. The number of rotatable bonds is 3. The average Bonchev–Trinajstić information content (AvgIpc) is 2.49. The molecular formula is C14H19ClN2O2S. The van der Waals surface area contributed by atoms with Gasteiger partial charge in [-0.3, -0.25) is 4.90 Å². The summed E-state index contributed by atoms with van der Waals surface area (Å²) in [5.41, 5.74) is 7.12. The highest BCUT2D eigenvalue weighted by Crippen LogP contribution is 2.40. The second kappa shape index (κ2) is 6.43. The Morgan fingerprint density at radius 1 is 1.25 bits per heavy atom. The number of halogens is 1. The van der Waals surface area contributed by atoms with Crippen LogP contribution in [0.3, 0.4) is 0 Å². The molecule has 110 valence electrons. The summed E-state index contributed by atoms with van der Waals surface area (Å²) in [5, 5.41) is 0.613. The van der Waals surface area contributed by atoms with Crippen molar-refractivity contribution in [1.82, 2.24) is 4.90 Å². The number of hydrogen-bond donors (Lipinski definition) is 1. The van der Waals surface area contributed by atoms with Crippen LogP contribution in [0.4, 0.5) is 0 Å². The number of benzene rings is 1. The smallest absolute Gasteiger partial charge is 0.179 e. The maximum absolute atomic E-state index is 6.32. The van der Waals surface area contributed by atoms with E-state index in [4.69, 9.17) is 26.8 Å². The molecule has 1 atom stereocenters. The Labute approximate surface area is 128 Å². The van der Waals surface area contributed by atoms with Gasteiger partial charge in [-0.05, 0) is 17.7 Å². The molecule has 4 nitrogen and oxygen atoms in total. The lowest BCUT2D eigenvalue weighted by atomic mass is 10.0. The zero-order valence-electron chi connectivity index (χ0n) is 11.3. The normalized spacial score (nSPS) is 20.7. The summed E-state index contributed by atoms with van der Waals surface area (Å²) < 4.78 is 11.2. The van der Waals surface area contributed by atoms with Crippen LogP contribution in [0.5, 0.6) is 11.5 Å². The summed E-state index contributed by atoms with van der Waals surface area (Å²) in [6.07, 6.45) is 0. The lowest BCUT2D eigenvalue weighted by molar-refractivity contribution is 0.170. The van der Waals surface area contributed by atoms with Gasteiger partial charge in [0, 0.05) is 37.2 Å². The lowest BCUT2D eigenvalue weighted by Gasteiger charge is -2.34. The molecule has 2 aliphatic heterocycles. The van der Waals surface area contributed by atoms with Gasteiger partial charge in [0.25, 0.3) is 0 Å². The number of nitrogens with zero attached hydrogens (tertiary/aromatic N) is 1. The summed E-state index contributed by atoms with van der Waals surface area (Å²) in [5.74, 6) is 3.72. The van der Waals surface area contributed by atoms with Crippen molar-refractivity contribution >= 4 is 23.4 Å². The molecule has 0 bridgehead atoms. The van der Waals surface area contributed by atoms with Crippen LogP contribution in [0, 0.1) is 0 Å². The molecule has 2 heterocycles. The number of nitrogens with two attached hydrogens (primary N) is 1. The van der Waals surface area contributed by atoms with E-state index >= 15 is 0 Å². The average molecular weight is 315 g/mol. The fourth-order valence-electron chi connectivity index (χ4n) is 2.71. The molecule has 0 aromatic heterocycles. The van der Waals surface area contributed by atoms with Crippen LogP contribution in [0.25, 0.3) is 0 Å². The SMILES string of the molecule is NCC(c1cc(Cl)c2c(c1)OCCO2)N1CCSCC1. The molecule has 1 aromatic rings. The summed E-state index contributed by atoms with van der Waals surface area (Å²) in [7, 11) is 0. The minimum atomic E-state index is 0.198. The summed E-state index contributed by atoms with van der Waals surface area (Å²) in [4.78, 5) is 2.43. The van der Waals surface area contributed by atoms with Crippen molar-refractivity contribution in [3.05, 3.63) is 22.7 Å². The maximum atomic E-state index is 6.32. The van der Waals surface area contributed by atoms with Crippen LogP contribution in [0.1, 0.15) is 11.6 Å². The highest BCUT2D eigenvalue weighted by molar-refractivity contribution is 7.99. The van der Waals surface area contributed by atoms with E-state index < -0.39 is 0 Å². The monoisotopic (exact) mass is 314 g/mol. The molecule has 6 heteroatoms. The summed E-state index contributed by atoms with van der Waals surface area (Å²) >= 11 is 8.31. The zero-order valence-corrected chi connectivity index (χ0v) is 12.9. The highest BCUT2D eigenvalue weighted by atomic mass is 35.5. The van der Waals surface area contributed by atoms with Gasteiger partial charge in [0.1, 0.15) is 13.2 Å². The third kappa shape index (κ3) is 2.86.